The predicted molar refractivity (Wildman–Crippen MR) is 78.3 cm³/mol. The largest absolute Gasteiger partial charge is 0.325 e. The lowest BCUT2D eigenvalue weighted by Crippen LogP contribution is -2.35. The molecular weight excluding hydrogens is 238 g/mol. The maximum absolute atomic E-state index is 11.7. The van der Waals surface area contributed by atoms with Crippen LogP contribution in [0.4, 0.5) is 5.69 Å². The minimum atomic E-state index is 0.0120. The lowest BCUT2D eigenvalue weighted by molar-refractivity contribution is -0.115. The van der Waals surface area contributed by atoms with Crippen LogP contribution in [0, 0.1) is 6.92 Å². The van der Waals surface area contributed by atoms with Crippen LogP contribution in [0.5, 0.6) is 0 Å². The minimum Gasteiger partial charge on any atom is -0.325 e. The second-order valence-electron chi connectivity index (χ2n) is 5.30. The Balaban J connectivity index is 1.60. The van der Waals surface area contributed by atoms with Gasteiger partial charge in [-0.05, 0) is 38.9 Å². The molecule has 0 heterocycles. The number of likely N-dealkylation sites (N-methyl/N-ethyl adjacent to an activating group) is 1. The normalized spacial score (nSPS) is 14.7. The van der Waals surface area contributed by atoms with E-state index in [1.54, 1.807) is 0 Å². The zero-order valence-electron chi connectivity index (χ0n) is 11.8. The Kier molecular flexibility index (Phi) is 4.93. The topological polar surface area (TPSA) is 44.4 Å². The molecule has 4 nitrogen and oxygen atoms in total. The summed E-state index contributed by atoms with van der Waals surface area (Å²) >= 11 is 0. The quantitative estimate of drug-likeness (QED) is 0.733. The first kappa shape index (κ1) is 14.0. The molecule has 2 N–H and O–H groups in total. The lowest BCUT2D eigenvalue weighted by atomic mass is 10.2. The van der Waals surface area contributed by atoms with Gasteiger partial charge in [0.2, 0.25) is 5.91 Å². The van der Waals surface area contributed by atoms with Crippen molar-refractivity contribution in [1.82, 2.24) is 10.2 Å². The molecule has 1 aliphatic rings. The van der Waals surface area contributed by atoms with Crippen LogP contribution in [-0.2, 0) is 4.79 Å². The van der Waals surface area contributed by atoms with Gasteiger partial charge in [-0.2, -0.15) is 0 Å². The predicted octanol–water partition coefficient (Wildman–Crippen LogP) is 1.62. The highest BCUT2D eigenvalue weighted by molar-refractivity contribution is 5.92. The molecule has 0 spiro atoms. The summed E-state index contributed by atoms with van der Waals surface area (Å²) in [5.41, 5.74) is 2.05. The molecule has 0 radical (unpaired) electrons. The zero-order valence-corrected chi connectivity index (χ0v) is 11.8. The van der Waals surface area contributed by atoms with Gasteiger partial charge in [-0.25, -0.2) is 0 Å². The molecule has 0 atom stereocenters. The first-order valence-corrected chi connectivity index (χ1v) is 6.92. The summed E-state index contributed by atoms with van der Waals surface area (Å²) in [4.78, 5) is 14.1. The van der Waals surface area contributed by atoms with Gasteiger partial charge in [0.05, 0.1) is 6.54 Å². The van der Waals surface area contributed by atoms with E-state index in [2.05, 4.69) is 22.6 Å². The number of nitrogens with zero attached hydrogens (tertiary/aromatic N) is 1. The van der Waals surface area contributed by atoms with E-state index >= 15 is 0 Å². The van der Waals surface area contributed by atoms with E-state index in [0.29, 0.717) is 6.54 Å². The minimum absolute atomic E-state index is 0.0120. The third kappa shape index (κ3) is 5.01. The zero-order chi connectivity index (χ0) is 13.7. The molecule has 2 rings (SSSR count). The van der Waals surface area contributed by atoms with Gasteiger partial charge in [-0.15, -0.1) is 0 Å². The summed E-state index contributed by atoms with van der Waals surface area (Å²) in [6, 6.07) is 8.62. The van der Waals surface area contributed by atoms with E-state index in [1.807, 2.05) is 31.2 Å². The number of benzene rings is 1. The smallest absolute Gasteiger partial charge is 0.238 e. The fourth-order valence-electron chi connectivity index (χ4n) is 2.00. The molecule has 1 amide bonds. The van der Waals surface area contributed by atoms with Crippen molar-refractivity contribution in [3.63, 3.8) is 0 Å². The van der Waals surface area contributed by atoms with E-state index in [-0.39, 0.29) is 5.91 Å². The van der Waals surface area contributed by atoms with Crippen LogP contribution in [0.25, 0.3) is 0 Å². The molecule has 104 valence electrons. The molecule has 1 fully saturated rings. The summed E-state index contributed by atoms with van der Waals surface area (Å²) < 4.78 is 0. The SMILES string of the molecule is Cc1ccc(NC(=O)CNCCN(C)C2CC2)cc1. The average molecular weight is 261 g/mol. The number of rotatable bonds is 7. The van der Waals surface area contributed by atoms with Gasteiger partial charge in [0, 0.05) is 24.8 Å². The van der Waals surface area contributed by atoms with Gasteiger partial charge in [0.1, 0.15) is 0 Å². The summed E-state index contributed by atoms with van der Waals surface area (Å²) in [6.45, 7) is 4.26. The molecule has 0 aliphatic heterocycles. The summed E-state index contributed by atoms with van der Waals surface area (Å²) in [5.74, 6) is 0.0120. The van der Waals surface area contributed by atoms with E-state index in [9.17, 15) is 4.79 Å². The van der Waals surface area contributed by atoms with E-state index < -0.39 is 0 Å². The Hall–Kier alpha value is -1.39. The maximum atomic E-state index is 11.7. The molecule has 1 saturated carbocycles. The Bertz CT molecular complexity index is 412. The number of amides is 1. The van der Waals surface area contributed by atoms with Gasteiger partial charge in [0.25, 0.3) is 0 Å². The van der Waals surface area contributed by atoms with Crippen molar-refractivity contribution in [1.29, 1.82) is 0 Å². The number of aryl methyl sites for hydroxylation is 1. The molecule has 0 bridgehead atoms. The van der Waals surface area contributed by atoms with Gasteiger partial charge in [-0.3, -0.25) is 4.79 Å². The second-order valence-corrected chi connectivity index (χ2v) is 5.30. The van der Waals surface area contributed by atoms with Crippen molar-refractivity contribution in [2.45, 2.75) is 25.8 Å². The highest BCUT2D eigenvalue weighted by atomic mass is 16.1. The third-order valence-corrected chi connectivity index (χ3v) is 3.43. The highest BCUT2D eigenvalue weighted by Crippen LogP contribution is 2.24. The molecule has 1 aliphatic carbocycles. The van der Waals surface area contributed by atoms with Crippen molar-refractivity contribution >= 4 is 11.6 Å². The summed E-state index contributed by atoms with van der Waals surface area (Å²) in [6.07, 6.45) is 2.65. The Morgan fingerprint density at radius 3 is 2.63 bits per heavy atom. The fourth-order valence-corrected chi connectivity index (χ4v) is 2.00. The first-order valence-electron chi connectivity index (χ1n) is 6.92. The van der Waals surface area contributed by atoms with Crippen LogP contribution in [0.3, 0.4) is 0 Å². The number of carbonyl (C=O) groups excluding carboxylic acids is 1. The van der Waals surface area contributed by atoms with E-state index in [4.69, 9.17) is 0 Å². The number of hydrogen-bond acceptors (Lipinski definition) is 3. The van der Waals surface area contributed by atoms with Crippen molar-refractivity contribution in [3.8, 4) is 0 Å². The van der Waals surface area contributed by atoms with Crippen molar-refractivity contribution < 1.29 is 4.79 Å². The fraction of sp³-hybridized carbons (Fsp3) is 0.533. The number of anilines is 1. The average Bonchev–Trinajstić information content (AvgIpc) is 3.21. The van der Waals surface area contributed by atoms with E-state index in [1.165, 1.54) is 18.4 Å². The number of carbonyl (C=O) groups is 1. The molecular formula is C15H23N3O. The number of nitrogens with one attached hydrogen (secondary N) is 2. The second kappa shape index (κ2) is 6.68. The van der Waals surface area contributed by atoms with Gasteiger partial charge in [-0.1, -0.05) is 17.7 Å². The third-order valence-electron chi connectivity index (χ3n) is 3.43. The molecule has 1 aromatic rings. The van der Waals surface area contributed by atoms with E-state index in [0.717, 1.165) is 24.8 Å². The molecule has 19 heavy (non-hydrogen) atoms. The maximum Gasteiger partial charge on any atom is 0.238 e. The summed E-state index contributed by atoms with van der Waals surface area (Å²) in [7, 11) is 2.14. The Morgan fingerprint density at radius 2 is 2.00 bits per heavy atom. The molecule has 0 unspecified atom stereocenters. The standard InChI is InChI=1S/C15H23N3O/c1-12-3-5-13(6-4-12)17-15(19)11-16-9-10-18(2)14-7-8-14/h3-6,14,16H,7-11H2,1-2H3,(H,17,19). The van der Waals surface area contributed by atoms with Crippen molar-refractivity contribution in [2.75, 3.05) is 32.0 Å². The molecule has 0 aromatic heterocycles. The molecule has 1 aromatic carbocycles. The van der Waals surface area contributed by atoms with Crippen LogP contribution in [0.1, 0.15) is 18.4 Å². The van der Waals surface area contributed by atoms with Crippen LogP contribution in [0.2, 0.25) is 0 Å². The van der Waals surface area contributed by atoms with Gasteiger partial charge < -0.3 is 15.5 Å². The van der Waals surface area contributed by atoms with Crippen molar-refractivity contribution in [2.24, 2.45) is 0 Å². The Morgan fingerprint density at radius 1 is 1.32 bits per heavy atom. The van der Waals surface area contributed by atoms with Crippen LogP contribution < -0.4 is 10.6 Å². The molecule has 0 saturated heterocycles. The van der Waals surface area contributed by atoms with Gasteiger partial charge >= 0.3 is 0 Å². The number of hydrogen-bond donors (Lipinski definition) is 2. The summed E-state index contributed by atoms with van der Waals surface area (Å²) in [5, 5.41) is 6.05. The van der Waals surface area contributed by atoms with Gasteiger partial charge in [0.15, 0.2) is 0 Å². The Labute approximate surface area is 115 Å². The van der Waals surface area contributed by atoms with Crippen molar-refractivity contribution in [3.05, 3.63) is 29.8 Å². The highest BCUT2D eigenvalue weighted by Gasteiger charge is 2.25. The molecule has 4 heteroatoms. The van der Waals surface area contributed by atoms with Crippen LogP contribution in [0.15, 0.2) is 24.3 Å². The monoisotopic (exact) mass is 261 g/mol. The van der Waals surface area contributed by atoms with Crippen LogP contribution >= 0.6 is 0 Å². The van der Waals surface area contributed by atoms with Crippen LogP contribution in [-0.4, -0.2) is 43.5 Å². The lowest BCUT2D eigenvalue weighted by Gasteiger charge is -2.15. The first-order chi connectivity index (χ1) is 9.15.